The molecule has 144 valence electrons. The quantitative estimate of drug-likeness (QED) is 0.729. The number of piperidine rings is 1. The first kappa shape index (κ1) is 20.1. The van der Waals surface area contributed by atoms with Gasteiger partial charge in [0.1, 0.15) is 5.75 Å². The van der Waals surface area contributed by atoms with Crippen LogP contribution in [0.25, 0.3) is 0 Å². The number of nitrogens with one attached hydrogen (secondary N) is 2. The summed E-state index contributed by atoms with van der Waals surface area (Å²) in [5, 5.41) is 5.76. The van der Waals surface area contributed by atoms with Gasteiger partial charge in [-0.05, 0) is 43.5 Å². The normalized spacial score (nSPS) is 17.8. The van der Waals surface area contributed by atoms with Gasteiger partial charge in [0.15, 0.2) is 0 Å². The van der Waals surface area contributed by atoms with Crippen molar-refractivity contribution in [3.63, 3.8) is 0 Å². The van der Waals surface area contributed by atoms with Crippen LogP contribution in [0, 0.1) is 0 Å². The largest absolute Gasteiger partial charge is 0.435 e. The molecule has 0 spiro atoms. The van der Waals surface area contributed by atoms with Gasteiger partial charge < -0.3 is 15.4 Å². The fraction of sp³-hybridized carbons (Fsp3) is 0.556. The van der Waals surface area contributed by atoms with Crippen LogP contribution >= 0.6 is 0 Å². The number of hydrogen-bond acceptors (Lipinski definition) is 4. The molecule has 1 aromatic carbocycles. The Morgan fingerprint density at radius 2 is 2.04 bits per heavy atom. The van der Waals surface area contributed by atoms with Crippen molar-refractivity contribution in [1.29, 1.82) is 0 Å². The lowest BCUT2D eigenvalue weighted by molar-refractivity contribution is -0.122. The predicted octanol–water partition coefficient (Wildman–Crippen LogP) is 1.55. The van der Waals surface area contributed by atoms with Gasteiger partial charge >= 0.3 is 6.61 Å². The summed E-state index contributed by atoms with van der Waals surface area (Å²) in [4.78, 5) is 25.2. The average molecular weight is 369 g/mol. The third kappa shape index (κ3) is 7.35. The Bertz CT molecular complexity index is 596. The van der Waals surface area contributed by atoms with Gasteiger partial charge in [-0.15, -0.1) is 0 Å². The molecule has 1 aliphatic rings. The highest BCUT2D eigenvalue weighted by atomic mass is 19.3. The lowest BCUT2D eigenvalue weighted by Crippen LogP contribution is -2.49. The van der Waals surface area contributed by atoms with E-state index in [0.29, 0.717) is 26.1 Å². The average Bonchev–Trinajstić information content (AvgIpc) is 2.55. The van der Waals surface area contributed by atoms with Crippen LogP contribution in [0.15, 0.2) is 24.3 Å². The number of carbonyl (C=O) groups excluding carboxylic acids is 2. The van der Waals surface area contributed by atoms with Crippen molar-refractivity contribution in [1.82, 2.24) is 15.5 Å². The van der Waals surface area contributed by atoms with Crippen LogP contribution in [0.3, 0.4) is 0 Å². The Morgan fingerprint density at radius 3 is 2.69 bits per heavy atom. The minimum atomic E-state index is -2.83. The van der Waals surface area contributed by atoms with Gasteiger partial charge in [0, 0.05) is 26.1 Å². The monoisotopic (exact) mass is 369 g/mol. The predicted molar refractivity (Wildman–Crippen MR) is 93.1 cm³/mol. The van der Waals surface area contributed by atoms with E-state index in [0.717, 1.165) is 24.9 Å². The van der Waals surface area contributed by atoms with Crippen molar-refractivity contribution in [3.05, 3.63) is 29.8 Å². The second-order valence-corrected chi connectivity index (χ2v) is 6.40. The van der Waals surface area contributed by atoms with E-state index < -0.39 is 6.61 Å². The molecule has 1 unspecified atom stereocenters. The number of benzene rings is 1. The van der Waals surface area contributed by atoms with E-state index in [1.807, 2.05) is 4.90 Å². The zero-order chi connectivity index (χ0) is 18.9. The number of hydrogen-bond donors (Lipinski definition) is 2. The summed E-state index contributed by atoms with van der Waals surface area (Å²) in [6, 6.07) is 6.47. The molecule has 1 aromatic rings. The highest BCUT2D eigenvalue weighted by Gasteiger charge is 2.21. The maximum atomic E-state index is 12.1. The summed E-state index contributed by atoms with van der Waals surface area (Å²) >= 11 is 0. The number of carbonyl (C=O) groups is 2. The molecule has 2 amide bonds. The Labute approximate surface area is 151 Å². The molecule has 26 heavy (non-hydrogen) atoms. The van der Waals surface area contributed by atoms with Crippen molar-refractivity contribution in [2.75, 3.05) is 26.2 Å². The number of alkyl halides is 2. The van der Waals surface area contributed by atoms with Crippen LogP contribution in [0.5, 0.6) is 5.75 Å². The molecule has 1 saturated heterocycles. The summed E-state index contributed by atoms with van der Waals surface area (Å²) < 4.78 is 28.5. The Balaban J connectivity index is 1.67. The maximum Gasteiger partial charge on any atom is 0.387 e. The fourth-order valence-corrected chi connectivity index (χ4v) is 3.05. The zero-order valence-electron chi connectivity index (χ0n) is 14.8. The summed E-state index contributed by atoms with van der Waals surface area (Å²) in [6.45, 7) is 0.958. The molecular formula is C18H25F2N3O3. The highest BCUT2D eigenvalue weighted by molar-refractivity contribution is 5.78. The van der Waals surface area contributed by atoms with E-state index in [4.69, 9.17) is 0 Å². The van der Waals surface area contributed by atoms with E-state index in [2.05, 4.69) is 15.4 Å². The third-order valence-corrected chi connectivity index (χ3v) is 4.16. The Morgan fingerprint density at radius 1 is 1.31 bits per heavy atom. The molecular weight excluding hydrogens is 344 g/mol. The number of amides is 2. The molecule has 0 radical (unpaired) electrons. The molecule has 6 nitrogen and oxygen atoms in total. The van der Waals surface area contributed by atoms with Crippen molar-refractivity contribution in [2.24, 2.45) is 0 Å². The number of likely N-dealkylation sites (tertiary alicyclic amines) is 1. The molecule has 2 rings (SSSR count). The standard InChI is InChI=1S/C18H25F2N3O3/c1-13(24)22-15-3-2-10-23(11-15)12-17(25)21-9-8-14-4-6-16(7-5-14)26-18(19)20/h4-7,15,18H,2-3,8-12H2,1H3,(H,21,25)(H,22,24). The minimum Gasteiger partial charge on any atom is -0.435 e. The lowest BCUT2D eigenvalue weighted by Gasteiger charge is -2.32. The van der Waals surface area contributed by atoms with Gasteiger partial charge in [-0.1, -0.05) is 12.1 Å². The van der Waals surface area contributed by atoms with Gasteiger partial charge in [0.05, 0.1) is 6.54 Å². The van der Waals surface area contributed by atoms with Gasteiger partial charge in [-0.2, -0.15) is 8.78 Å². The smallest absolute Gasteiger partial charge is 0.387 e. The van der Waals surface area contributed by atoms with Crippen LogP contribution in [-0.2, 0) is 16.0 Å². The van der Waals surface area contributed by atoms with Crippen molar-refractivity contribution in [3.8, 4) is 5.75 Å². The molecule has 2 N–H and O–H groups in total. The lowest BCUT2D eigenvalue weighted by atomic mass is 10.1. The molecule has 0 bridgehead atoms. The second-order valence-electron chi connectivity index (χ2n) is 6.40. The molecule has 1 heterocycles. The Kier molecular flexibility index (Phi) is 7.77. The van der Waals surface area contributed by atoms with Crippen LogP contribution < -0.4 is 15.4 Å². The molecule has 1 atom stereocenters. The van der Waals surface area contributed by atoms with Crippen molar-refractivity contribution in [2.45, 2.75) is 38.8 Å². The highest BCUT2D eigenvalue weighted by Crippen LogP contribution is 2.15. The topological polar surface area (TPSA) is 70.7 Å². The van der Waals surface area contributed by atoms with Crippen LogP contribution in [0.1, 0.15) is 25.3 Å². The molecule has 1 aliphatic heterocycles. The van der Waals surface area contributed by atoms with E-state index in [-0.39, 0.29) is 23.6 Å². The first-order chi connectivity index (χ1) is 12.4. The Hall–Kier alpha value is -2.22. The zero-order valence-corrected chi connectivity index (χ0v) is 14.8. The van der Waals surface area contributed by atoms with Gasteiger partial charge in [-0.25, -0.2) is 0 Å². The van der Waals surface area contributed by atoms with Crippen molar-refractivity contribution < 1.29 is 23.1 Å². The van der Waals surface area contributed by atoms with Gasteiger partial charge in [0.25, 0.3) is 0 Å². The molecule has 0 aromatic heterocycles. The van der Waals surface area contributed by atoms with Crippen LogP contribution in [-0.4, -0.2) is 55.5 Å². The molecule has 0 saturated carbocycles. The van der Waals surface area contributed by atoms with Crippen molar-refractivity contribution >= 4 is 11.8 Å². The van der Waals surface area contributed by atoms with E-state index in [1.54, 1.807) is 12.1 Å². The van der Waals surface area contributed by atoms with E-state index >= 15 is 0 Å². The fourth-order valence-electron chi connectivity index (χ4n) is 3.05. The first-order valence-electron chi connectivity index (χ1n) is 8.72. The summed E-state index contributed by atoms with van der Waals surface area (Å²) in [5.74, 6) is 0.00371. The number of nitrogens with zero attached hydrogens (tertiary/aromatic N) is 1. The van der Waals surface area contributed by atoms with Crippen LogP contribution in [0.4, 0.5) is 8.78 Å². The van der Waals surface area contributed by atoms with Gasteiger partial charge in [-0.3, -0.25) is 14.5 Å². The molecule has 8 heteroatoms. The number of rotatable bonds is 8. The molecule has 1 fully saturated rings. The van der Waals surface area contributed by atoms with E-state index in [1.165, 1.54) is 19.1 Å². The second kappa shape index (κ2) is 10.1. The number of ether oxygens (including phenoxy) is 1. The van der Waals surface area contributed by atoms with Crippen LogP contribution in [0.2, 0.25) is 0 Å². The summed E-state index contributed by atoms with van der Waals surface area (Å²) in [7, 11) is 0. The summed E-state index contributed by atoms with van der Waals surface area (Å²) in [6.07, 6.45) is 2.49. The third-order valence-electron chi connectivity index (χ3n) is 4.16. The number of halogens is 2. The maximum absolute atomic E-state index is 12.1. The molecule has 0 aliphatic carbocycles. The van der Waals surface area contributed by atoms with Gasteiger partial charge in [0.2, 0.25) is 11.8 Å². The van der Waals surface area contributed by atoms with E-state index in [9.17, 15) is 18.4 Å². The summed E-state index contributed by atoms with van der Waals surface area (Å²) in [5.41, 5.74) is 0.926. The first-order valence-corrected chi connectivity index (χ1v) is 8.72. The minimum absolute atomic E-state index is 0.0498. The SMILES string of the molecule is CC(=O)NC1CCCN(CC(=O)NCCc2ccc(OC(F)F)cc2)C1.